The Balaban J connectivity index is 1.59. The molecule has 3 aromatic rings. The number of thiazole rings is 1. The molecule has 2 aromatic carbocycles. The second kappa shape index (κ2) is 10.1. The molecule has 0 unspecified atom stereocenters. The lowest BCUT2D eigenvalue weighted by Gasteiger charge is -2.14. The van der Waals surface area contributed by atoms with Crippen molar-refractivity contribution in [2.75, 3.05) is 26.6 Å². The van der Waals surface area contributed by atoms with E-state index in [1.54, 1.807) is 37.7 Å². The Morgan fingerprint density at radius 3 is 2.62 bits per heavy atom. The molecule has 1 amide bonds. The van der Waals surface area contributed by atoms with E-state index in [4.69, 9.17) is 14.2 Å². The van der Waals surface area contributed by atoms with Crippen molar-refractivity contribution in [1.29, 1.82) is 0 Å². The summed E-state index contributed by atoms with van der Waals surface area (Å²) < 4.78 is 18.2. The zero-order valence-corrected chi connectivity index (χ0v) is 17.9. The molecule has 0 radical (unpaired) electrons. The van der Waals surface area contributed by atoms with Crippen LogP contribution in [0.1, 0.15) is 12.5 Å². The van der Waals surface area contributed by atoms with Crippen molar-refractivity contribution in [3.8, 4) is 17.2 Å². The van der Waals surface area contributed by atoms with E-state index in [0.717, 1.165) is 14.6 Å². The van der Waals surface area contributed by atoms with Crippen molar-refractivity contribution in [2.24, 2.45) is 5.10 Å². The highest BCUT2D eigenvalue weighted by molar-refractivity contribution is 8.01. The van der Waals surface area contributed by atoms with Gasteiger partial charge >= 0.3 is 0 Å². The molecule has 3 rings (SSSR count). The number of benzene rings is 2. The minimum atomic E-state index is -0.213. The van der Waals surface area contributed by atoms with Gasteiger partial charge in [-0.1, -0.05) is 23.9 Å². The number of para-hydroxylation sites is 1. The highest BCUT2D eigenvalue weighted by atomic mass is 32.2. The van der Waals surface area contributed by atoms with E-state index in [1.807, 2.05) is 31.2 Å². The van der Waals surface area contributed by atoms with Gasteiger partial charge < -0.3 is 14.2 Å². The van der Waals surface area contributed by atoms with Crippen LogP contribution in [0, 0.1) is 0 Å². The van der Waals surface area contributed by atoms with Crippen molar-refractivity contribution >= 4 is 45.4 Å². The van der Waals surface area contributed by atoms with E-state index in [9.17, 15) is 4.79 Å². The largest absolute Gasteiger partial charge is 0.493 e. The standard InChI is InChI=1S/C20H21N3O4S2/c1-4-27-19-15(25-2)9-13(10-16(19)26-3)11-21-23-18(24)12-28-20-22-14-7-5-6-8-17(14)29-20/h5-11H,4,12H2,1-3H3,(H,23,24)/b21-11-. The molecule has 9 heteroatoms. The molecule has 0 aliphatic heterocycles. The Morgan fingerprint density at radius 1 is 1.24 bits per heavy atom. The lowest BCUT2D eigenvalue weighted by molar-refractivity contribution is -0.118. The summed E-state index contributed by atoms with van der Waals surface area (Å²) in [5.41, 5.74) is 4.17. The predicted octanol–water partition coefficient (Wildman–Crippen LogP) is 3.95. The molecule has 29 heavy (non-hydrogen) atoms. The molecule has 0 aliphatic rings. The van der Waals surface area contributed by atoms with Crippen LogP contribution in [0.15, 0.2) is 45.8 Å². The smallest absolute Gasteiger partial charge is 0.250 e. The summed E-state index contributed by atoms with van der Waals surface area (Å²) in [4.78, 5) is 16.6. The molecule has 0 bridgehead atoms. The Labute approximate surface area is 177 Å². The summed E-state index contributed by atoms with van der Waals surface area (Å²) in [5, 5.41) is 4.02. The summed E-state index contributed by atoms with van der Waals surface area (Å²) >= 11 is 2.95. The maximum absolute atomic E-state index is 12.1. The number of hydrogen-bond acceptors (Lipinski definition) is 8. The van der Waals surface area contributed by atoms with Gasteiger partial charge in [-0.05, 0) is 31.2 Å². The van der Waals surface area contributed by atoms with Crippen LogP contribution >= 0.6 is 23.1 Å². The molecule has 0 saturated carbocycles. The number of methoxy groups -OCH3 is 2. The Kier molecular flexibility index (Phi) is 7.31. The first-order valence-corrected chi connectivity index (χ1v) is 10.6. The second-order valence-electron chi connectivity index (χ2n) is 5.72. The number of ether oxygens (including phenoxy) is 3. The summed E-state index contributed by atoms with van der Waals surface area (Å²) in [6.45, 7) is 2.37. The molecule has 7 nitrogen and oxygen atoms in total. The summed E-state index contributed by atoms with van der Waals surface area (Å²) in [5.74, 6) is 1.62. The normalized spacial score (nSPS) is 11.0. The maximum atomic E-state index is 12.1. The first-order chi connectivity index (χ1) is 14.1. The predicted molar refractivity (Wildman–Crippen MR) is 117 cm³/mol. The first-order valence-electron chi connectivity index (χ1n) is 8.83. The number of nitrogens with one attached hydrogen (secondary N) is 1. The van der Waals surface area contributed by atoms with Crippen LogP contribution in [0.4, 0.5) is 0 Å². The zero-order valence-electron chi connectivity index (χ0n) is 16.3. The van der Waals surface area contributed by atoms with Gasteiger partial charge in [0.15, 0.2) is 15.8 Å². The Bertz CT molecular complexity index is 962. The summed E-state index contributed by atoms with van der Waals surface area (Å²) in [6, 6.07) is 11.4. The molecule has 0 aliphatic carbocycles. The van der Waals surface area contributed by atoms with Gasteiger partial charge in [0.2, 0.25) is 5.75 Å². The molecule has 0 fully saturated rings. The van der Waals surface area contributed by atoms with Crippen LogP contribution < -0.4 is 19.6 Å². The van der Waals surface area contributed by atoms with Gasteiger partial charge in [0.25, 0.3) is 5.91 Å². The summed E-state index contributed by atoms with van der Waals surface area (Å²) in [6.07, 6.45) is 1.53. The fraction of sp³-hybridized carbons (Fsp3) is 0.250. The van der Waals surface area contributed by atoms with E-state index in [2.05, 4.69) is 15.5 Å². The SMILES string of the molecule is CCOc1c(OC)cc(/C=N\NC(=O)CSc2nc3ccccc3s2)cc1OC. The highest BCUT2D eigenvalue weighted by Gasteiger charge is 2.13. The van der Waals surface area contributed by atoms with E-state index < -0.39 is 0 Å². The third-order valence-corrected chi connectivity index (χ3v) is 5.95. The van der Waals surface area contributed by atoms with Gasteiger partial charge in [-0.3, -0.25) is 4.79 Å². The average Bonchev–Trinajstić information content (AvgIpc) is 3.16. The van der Waals surface area contributed by atoms with E-state index >= 15 is 0 Å². The van der Waals surface area contributed by atoms with Crippen LogP contribution in [-0.4, -0.2) is 43.7 Å². The number of amides is 1. The molecule has 1 aromatic heterocycles. The van der Waals surface area contributed by atoms with Crippen molar-refractivity contribution in [1.82, 2.24) is 10.4 Å². The first kappa shape index (κ1) is 20.9. The van der Waals surface area contributed by atoms with Gasteiger partial charge in [-0.25, -0.2) is 10.4 Å². The van der Waals surface area contributed by atoms with Crippen LogP contribution in [-0.2, 0) is 4.79 Å². The number of carbonyl (C=O) groups is 1. The lowest BCUT2D eigenvalue weighted by Crippen LogP contribution is -2.19. The lowest BCUT2D eigenvalue weighted by atomic mass is 10.2. The molecule has 152 valence electrons. The van der Waals surface area contributed by atoms with Gasteiger partial charge in [-0.2, -0.15) is 5.10 Å². The minimum Gasteiger partial charge on any atom is -0.493 e. The van der Waals surface area contributed by atoms with Crippen LogP contribution in [0.25, 0.3) is 10.2 Å². The van der Waals surface area contributed by atoms with Crippen LogP contribution in [0.2, 0.25) is 0 Å². The molecule has 0 atom stereocenters. The third-order valence-electron chi connectivity index (χ3n) is 3.78. The fourth-order valence-corrected chi connectivity index (χ4v) is 4.37. The topological polar surface area (TPSA) is 82.0 Å². The zero-order chi connectivity index (χ0) is 20.6. The molecule has 1 heterocycles. The van der Waals surface area contributed by atoms with Crippen LogP contribution in [0.5, 0.6) is 17.2 Å². The third kappa shape index (κ3) is 5.39. The molecule has 0 saturated heterocycles. The Morgan fingerprint density at radius 2 is 1.97 bits per heavy atom. The van der Waals surface area contributed by atoms with Crippen molar-refractivity contribution in [3.63, 3.8) is 0 Å². The number of carbonyl (C=O) groups excluding carboxylic acids is 1. The second-order valence-corrected chi connectivity index (χ2v) is 7.97. The number of fused-ring (bicyclic) bond motifs is 1. The average molecular weight is 432 g/mol. The number of rotatable bonds is 9. The van der Waals surface area contributed by atoms with Crippen molar-refractivity contribution in [3.05, 3.63) is 42.0 Å². The van der Waals surface area contributed by atoms with Gasteiger partial charge in [0.1, 0.15) is 0 Å². The number of thioether (sulfide) groups is 1. The van der Waals surface area contributed by atoms with Gasteiger partial charge in [0, 0.05) is 5.56 Å². The number of hydrazone groups is 1. The molecule has 1 N–H and O–H groups in total. The molecular formula is C20H21N3O4S2. The summed E-state index contributed by atoms with van der Waals surface area (Å²) in [7, 11) is 3.11. The van der Waals surface area contributed by atoms with E-state index in [1.165, 1.54) is 18.0 Å². The monoisotopic (exact) mass is 431 g/mol. The van der Waals surface area contributed by atoms with Gasteiger partial charge in [-0.15, -0.1) is 11.3 Å². The van der Waals surface area contributed by atoms with Crippen LogP contribution in [0.3, 0.4) is 0 Å². The number of nitrogens with zero attached hydrogens (tertiary/aromatic N) is 2. The van der Waals surface area contributed by atoms with Gasteiger partial charge in [0.05, 0.1) is 43.0 Å². The van der Waals surface area contributed by atoms with Crippen molar-refractivity contribution in [2.45, 2.75) is 11.3 Å². The molecule has 0 spiro atoms. The quantitative estimate of drug-likeness (QED) is 0.314. The fourth-order valence-electron chi connectivity index (χ4n) is 2.51. The minimum absolute atomic E-state index is 0.213. The number of aromatic nitrogens is 1. The maximum Gasteiger partial charge on any atom is 0.250 e. The number of hydrogen-bond donors (Lipinski definition) is 1. The highest BCUT2D eigenvalue weighted by Crippen LogP contribution is 2.38. The molecular weight excluding hydrogens is 410 g/mol. The van der Waals surface area contributed by atoms with E-state index in [0.29, 0.717) is 29.4 Å². The van der Waals surface area contributed by atoms with E-state index in [-0.39, 0.29) is 11.7 Å². The Hall–Kier alpha value is -2.78. The van der Waals surface area contributed by atoms with Crippen molar-refractivity contribution < 1.29 is 19.0 Å².